The highest BCUT2D eigenvalue weighted by Crippen LogP contribution is 2.34. The van der Waals surface area contributed by atoms with E-state index >= 15 is 0 Å². The number of benzene rings is 1. The van der Waals surface area contributed by atoms with Gasteiger partial charge in [-0.3, -0.25) is 0 Å². The molecule has 1 aromatic carbocycles. The molecule has 2 aliphatic heterocycles. The second-order valence-corrected chi connectivity index (χ2v) is 6.17. The van der Waals surface area contributed by atoms with E-state index in [-0.39, 0.29) is 5.92 Å². The Morgan fingerprint density at radius 1 is 1.04 bits per heavy atom. The van der Waals surface area contributed by atoms with Crippen molar-refractivity contribution in [1.82, 2.24) is 35.0 Å². The summed E-state index contributed by atoms with van der Waals surface area (Å²) >= 11 is 0. The lowest BCUT2D eigenvalue weighted by Crippen LogP contribution is -2.16. The standard InChI is InChI=1S/C16H17N7O2/c1-2-6-22-16(19-20-21-22)12(3-1)15-17-10-18-23(15)11-4-5-13-14(9-11)25-8-7-24-13/h4-5,9-10,12H,1-3,6-8H2/t12-/m1/s1. The Labute approximate surface area is 143 Å². The van der Waals surface area contributed by atoms with Crippen molar-refractivity contribution in [2.24, 2.45) is 0 Å². The van der Waals surface area contributed by atoms with Crippen LogP contribution in [0.1, 0.15) is 36.8 Å². The van der Waals surface area contributed by atoms with E-state index < -0.39 is 0 Å². The van der Waals surface area contributed by atoms with Gasteiger partial charge in [-0.1, -0.05) is 6.42 Å². The van der Waals surface area contributed by atoms with Crippen LogP contribution in [0.5, 0.6) is 11.5 Å². The SMILES string of the molecule is c1nc([C@H]2CCCCn3nnnc32)n(-c2ccc3c(c2)OCCO3)n1. The fourth-order valence-electron chi connectivity index (χ4n) is 3.45. The molecule has 0 amide bonds. The number of fused-ring (bicyclic) bond motifs is 2. The van der Waals surface area contributed by atoms with Crippen LogP contribution in [-0.4, -0.2) is 48.2 Å². The van der Waals surface area contributed by atoms with Crippen molar-refractivity contribution in [2.75, 3.05) is 13.2 Å². The van der Waals surface area contributed by atoms with Crippen molar-refractivity contribution in [3.8, 4) is 17.2 Å². The Bertz CT molecular complexity index is 904. The topological polar surface area (TPSA) is 92.8 Å². The fourth-order valence-corrected chi connectivity index (χ4v) is 3.45. The molecule has 5 rings (SSSR count). The van der Waals surface area contributed by atoms with Crippen LogP contribution in [0.15, 0.2) is 24.5 Å². The largest absolute Gasteiger partial charge is 0.486 e. The summed E-state index contributed by atoms with van der Waals surface area (Å²) in [4.78, 5) is 4.52. The smallest absolute Gasteiger partial charge is 0.163 e. The molecule has 4 heterocycles. The second-order valence-electron chi connectivity index (χ2n) is 6.17. The first-order valence-corrected chi connectivity index (χ1v) is 8.46. The highest BCUT2D eigenvalue weighted by molar-refractivity contribution is 5.49. The minimum atomic E-state index is 0.0215. The van der Waals surface area contributed by atoms with E-state index in [0.29, 0.717) is 13.2 Å². The third-order valence-electron chi connectivity index (χ3n) is 4.64. The molecule has 0 aliphatic carbocycles. The molecule has 0 saturated heterocycles. The minimum absolute atomic E-state index is 0.0215. The molecule has 0 N–H and O–H groups in total. The highest BCUT2D eigenvalue weighted by Gasteiger charge is 2.28. The summed E-state index contributed by atoms with van der Waals surface area (Å²) in [6.45, 7) is 1.97. The van der Waals surface area contributed by atoms with Crippen molar-refractivity contribution in [1.29, 1.82) is 0 Å². The number of aryl methyl sites for hydroxylation is 1. The lowest BCUT2D eigenvalue weighted by molar-refractivity contribution is 0.171. The maximum atomic E-state index is 5.69. The maximum absolute atomic E-state index is 5.69. The van der Waals surface area contributed by atoms with Gasteiger partial charge in [-0.15, -0.1) is 5.10 Å². The summed E-state index contributed by atoms with van der Waals surface area (Å²) in [6.07, 6.45) is 4.67. The molecular weight excluding hydrogens is 322 g/mol. The Balaban J connectivity index is 1.57. The zero-order chi connectivity index (χ0) is 16.6. The predicted octanol–water partition coefficient (Wildman–Crippen LogP) is 1.34. The van der Waals surface area contributed by atoms with Crippen molar-refractivity contribution < 1.29 is 9.47 Å². The van der Waals surface area contributed by atoms with Crippen LogP contribution in [0.3, 0.4) is 0 Å². The van der Waals surface area contributed by atoms with Crippen LogP contribution in [0.2, 0.25) is 0 Å². The van der Waals surface area contributed by atoms with Crippen molar-refractivity contribution in [3.63, 3.8) is 0 Å². The second kappa shape index (κ2) is 5.83. The van der Waals surface area contributed by atoms with Gasteiger partial charge in [0.1, 0.15) is 25.4 Å². The average Bonchev–Trinajstić information content (AvgIpc) is 3.28. The molecular formula is C16H17N7O2. The maximum Gasteiger partial charge on any atom is 0.163 e. The van der Waals surface area contributed by atoms with E-state index in [2.05, 4.69) is 25.6 Å². The van der Waals surface area contributed by atoms with Crippen molar-refractivity contribution >= 4 is 0 Å². The number of hydrogen-bond donors (Lipinski definition) is 0. The average molecular weight is 339 g/mol. The molecule has 128 valence electrons. The van der Waals surface area contributed by atoms with E-state index in [1.54, 1.807) is 6.33 Å². The zero-order valence-electron chi connectivity index (χ0n) is 13.6. The van der Waals surface area contributed by atoms with Gasteiger partial charge in [-0.05, 0) is 35.4 Å². The molecule has 25 heavy (non-hydrogen) atoms. The summed E-state index contributed by atoms with van der Waals surface area (Å²) in [7, 11) is 0. The zero-order valence-corrected chi connectivity index (χ0v) is 13.6. The quantitative estimate of drug-likeness (QED) is 0.695. The summed E-state index contributed by atoms with van der Waals surface area (Å²) in [5.41, 5.74) is 0.889. The molecule has 2 aliphatic rings. The van der Waals surface area contributed by atoms with Crippen LogP contribution < -0.4 is 9.47 Å². The van der Waals surface area contributed by atoms with E-state index in [1.807, 2.05) is 27.6 Å². The van der Waals surface area contributed by atoms with E-state index in [9.17, 15) is 0 Å². The highest BCUT2D eigenvalue weighted by atomic mass is 16.6. The van der Waals surface area contributed by atoms with Gasteiger partial charge < -0.3 is 9.47 Å². The van der Waals surface area contributed by atoms with Crippen LogP contribution in [-0.2, 0) is 6.54 Å². The molecule has 0 saturated carbocycles. The van der Waals surface area contributed by atoms with Gasteiger partial charge >= 0.3 is 0 Å². The molecule has 0 bridgehead atoms. The molecule has 0 radical (unpaired) electrons. The molecule has 2 aromatic heterocycles. The molecule has 0 spiro atoms. The van der Waals surface area contributed by atoms with Gasteiger partial charge in [-0.25, -0.2) is 14.3 Å². The number of hydrogen-bond acceptors (Lipinski definition) is 7. The van der Waals surface area contributed by atoms with E-state index in [0.717, 1.165) is 54.6 Å². The van der Waals surface area contributed by atoms with Crippen LogP contribution in [0, 0.1) is 0 Å². The molecule has 9 heteroatoms. The van der Waals surface area contributed by atoms with Crippen LogP contribution >= 0.6 is 0 Å². The summed E-state index contributed by atoms with van der Waals surface area (Å²) in [5.74, 6) is 3.21. The van der Waals surface area contributed by atoms with Gasteiger partial charge in [0.25, 0.3) is 0 Å². The van der Waals surface area contributed by atoms with Gasteiger partial charge in [0, 0.05) is 12.6 Å². The Morgan fingerprint density at radius 2 is 1.96 bits per heavy atom. The number of aromatic nitrogens is 7. The fraction of sp³-hybridized carbons (Fsp3) is 0.438. The summed E-state index contributed by atoms with van der Waals surface area (Å²) in [6, 6.07) is 5.81. The minimum Gasteiger partial charge on any atom is -0.486 e. The number of rotatable bonds is 2. The normalized spacial score (nSPS) is 19.3. The first kappa shape index (κ1) is 14.4. The van der Waals surface area contributed by atoms with Crippen LogP contribution in [0.25, 0.3) is 5.69 Å². The third-order valence-corrected chi connectivity index (χ3v) is 4.64. The number of tetrazole rings is 1. The van der Waals surface area contributed by atoms with E-state index in [4.69, 9.17) is 9.47 Å². The van der Waals surface area contributed by atoms with E-state index in [1.165, 1.54) is 0 Å². The monoisotopic (exact) mass is 339 g/mol. The molecule has 1 atom stereocenters. The number of nitrogens with zero attached hydrogens (tertiary/aromatic N) is 7. The molecule has 9 nitrogen and oxygen atoms in total. The third kappa shape index (κ3) is 2.43. The van der Waals surface area contributed by atoms with Gasteiger partial charge in [-0.2, -0.15) is 5.10 Å². The van der Waals surface area contributed by atoms with Gasteiger partial charge in [0.2, 0.25) is 0 Å². The Kier molecular flexibility index (Phi) is 3.36. The lowest BCUT2D eigenvalue weighted by Gasteiger charge is -2.19. The molecule has 0 fully saturated rings. The number of ether oxygens (including phenoxy) is 2. The first-order valence-electron chi connectivity index (χ1n) is 8.46. The lowest BCUT2D eigenvalue weighted by atomic mass is 10.0. The van der Waals surface area contributed by atoms with Crippen molar-refractivity contribution in [3.05, 3.63) is 36.2 Å². The molecule has 3 aromatic rings. The summed E-state index contributed by atoms with van der Waals surface area (Å²) in [5, 5.41) is 16.6. The molecule has 0 unspecified atom stereocenters. The van der Waals surface area contributed by atoms with Gasteiger partial charge in [0.05, 0.1) is 11.6 Å². The Morgan fingerprint density at radius 3 is 2.92 bits per heavy atom. The van der Waals surface area contributed by atoms with Crippen molar-refractivity contribution in [2.45, 2.75) is 31.7 Å². The van der Waals surface area contributed by atoms with Crippen LogP contribution in [0.4, 0.5) is 0 Å². The Hall–Kier alpha value is -2.97. The van der Waals surface area contributed by atoms with Gasteiger partial charge in [0.15, 0.2) is 17.3 Å². The predicted molar refractivity (Wildman–Crippen MR) is 85.9 cm³/mol. The summed E-state index contributed by atoms with van der Waals surface area (Å²) < 4.78 is 15.0. The first-order chi connectivity index (χ1) is 12.4.